The minimum Gasteiger partial charge on any atom is -0.309 e. The van der Waals surface area contributed by atoms with Crippen LogP contribution >= 0.6 is 23.1 Å². The van der Waals surface area contributed by atoms with Gasteiger partial charge in [0.1, 0.15) is 0 Å². The molecule has 1 nitrogen and oxygen atoms in total. The fourth-order valence-corrected chi connectivity index (χ4v) is 6.04. The van der Waals surface area contributed by atoms with E-state index in [9.17, 15) is 4.57 Å². The van der Waals surface area contributed by atoms with Gasteiger partial charge in [0.05, 0.1) is 0 Å². The molecular formula is C19H16BrOP. The van der Waals surface area contributed by atoms with Crippen LogP contribution < -0.4 is 15.9 Å². The second-order valence-corrected chi connectivity index (χ2v) is 8.86. The van der Waals surface area contributed by atoms with Crippen LogP contribution in [0.5, 0.6) is 0 Å². The maximum atomic E-state index is 14.1. The summed E-state index contributed by atoms with van der Waals surface area (Å²) >= 11 is 3.49. The Labute approximate surface area is 139 Å². The van der Waals surface area contributed by atoms with E-state index in [4.69, 9.17) is 0 Å². The predicted octanol–water partition coefficient (Wildman–Crippen LogP) is 4.40. The van der Waals surface area contributed by atoms with E-state index in [-0.39, 0.29) is 0 Å². The molecule has 0 heterocycles. The van der Waals surface area contributed by atoms with E-state index in [2.05, 4.69) is 15.9 Å². The fourth-order valence-electron chi connectivity index (χ4n) is 2.68. The van der Waals surface area contributed by atoms with E-state index in [0.717, 1.165) is 25.9 Å². The van der Waals surface area contributed by atoms with Gasteiger partial charge in [-0.15, -0.1) is 0 Å². The third-order valence-electron chi connectivity index (χ3n) is 3.74. The molecule has 0 saturated carbocycles. The number of aryl methyl sites for hydroxylation is 1. The van der Waals surface area contributed by atoms with Crippen molar-refractivity contribution in [3.8, 4) is 0 Å². The molecule has 0 aliphatic rings. The quantitative estimate of drug-likeness (QED) is 0.624. The molecule has 22 heavy (non-hydrogen) atoms. The van der Waals surface area contributed by atoms with E-state index in [1.54, 1.807) is 0 Å². The van der Waals surface area contributed by atoms with Gasteiger partial charge >= 0.3 is 0 Å². The first-order valence-corrected chi connectivity index (χ1v) is 9.60. The molecule has 0 amide bonds. The monoisotopic (exact) mass is 370 g/mol. The molecule has 0 aliphatic heterocycles. The number of hydrogen-bond donors (Lipinski definition) is 0. The number of benzene rings is 3. The molecule has 0 fully saturated rings. The molecule has 3 aromatic rings. The highest BCUT2D eigenvalue weighted by molar-refractivity contribution is 9.10. The second kappa shape index (κ2) is 6.24. The molecule has 0 atom stereocenters. The summed E-state index contributed by atoms with van der Waals surface area (Å²) in [5, 5.41) is 2.63. The Morgan fingerprint density at radius 3 is 1.73 bits per heavy atom. The summed E-state index contributed by atoms with van der Waals surface area (Å²) in [4.78, 5) is 0. The molecule has 0 saturated heterocycles. The van der Waals surface area contributed by atoms with Crippen molar-refractivity contribution in [2.75, 3.05) is 0 Å². The van der Waals surface area contributed by atoms with Gasteiger partial charge in [-0.05, 0) is 30.7 Å². The second-order valence-electron chi connectivity index (χ2n) is 5.21. The average Bonchev–Trinajstić information content (AvgIpc) is 2.56. The first-order valence-electron chi connectivity index (χ1n) is 7.10. The summed E-state index contributed by atoms with van der Waals surface area (Å²) in [5.74, 6) is 0. The average molecular weight is 371 g/mol. The summed E-state index contributed by atoms with van der Waals surface area (Å²) in [6.07, 6.45) is 0. The minimum absolute atomic E-state index is 0.867. The minimum atomic E-state index is -2.85. The van der Waals surface area contributed by atoms with Gasteiger partial charge in [0, 0.05) is 20.4 Å². The fraction of sp³-hybridized carbons (Fsp3) is 0.0526. The lowest BCUT2D eigenvalue weighted by Crippen LogP contribution is -2.26. The normalized spacial score (nSPS) is 11.4. The molecule has 3 heteroatoms. The topological polar surface area (TPSA) is 17.1 Å². The molecule has 3 aromatic carbocycles. The van der Waals surface area contributed by atoms with Crippen molar-refractivity contribution < 1.29 is 4.57 Å². The molecule has 0 aromatic heterocycles. The van der Waals surface area contributed by atoms with Gasteiger partial charge < -0.3 is 4.57 Å². The van der Waals surface area contributed by atoms with E-state index in [0.29, 0.717) is 0 Å². The van der Waals surface area contributed by atoms with Crippen molar-refractivity contribution in [3.05, 3.63) is 88.9 Å². The van der Waals surface area contributed by atoms with Crippen LogP contribution in [0.3, 0.4) is 0 Å². The summed E-state index contributed by atoms with van der Waals surface area (Å²) < 4.78 is 15.1. The summed E-state index contributed by atoms with van der Waals surface area (Å²) in [6, 6.07) is 25.4. The molecule has 3 rings (SSSR count). The van der Waals surface area contributed by atoms with Crippen molar-refractivity contribution in [2.45, 2.75) is 6.92 Å². The molecule has 0 N–H and O–H groups in total. The zero-order chi connectivity index (χ0) is 15.6. The third-order valence-corrected chi connectivity index (χ3v) is 7.46. The number of hydrogen-bond acceptors (Lipinski definition) is 1. The first-order chi connectivity index (χ1) is 10.6. The van der Waals surface area contributed by atoms with Crippen molar-refractivity contribution in [1.29, 1.82) is 0 Å². The van der Waals surface area contributed by atoms with Crippen molar-refractivity contribution in [1.82, 2.24) is 0 Å². The zero-order valence-corrected chi connectivity index (χ0v) is 14.7. The Balaban J connectivity index is 2.31. The molecule has 0 unspecified atom stereocenters. The first kappa shape index (κ1) is 15.3. The van der Waals surface area contributed by atoms with Gasteiger partial charge in [-0.2, -0.15) is 0 Å². The smallest absolute Gasteiger partial charge is 0.171 e. The van der Waals surface area contributed by atoms with E-state index in [1.807, 2.05) is 85.8 Å². The molecule has 0 spiro atoms. The van der Waals surface area contributed by atoms with Gasteiger partial charge in [-0.1, -0.05) is 76.6 Å². The van der Waals surface area contributed by atoms with Gasteiger partial charge in [0.25, 0.3) is 0 Å². The maximum Gasteiger partial charge on any atom is 0.171 e. The summed E-state index contributed by atoms with van der Waals surface area (Å²) in [7, 11) is -2.85. The van der Waals surface area contributed by atoms with Crippen molar-refractivity contribution >= 4 is 39.0 Å². The highest BCUT2D eigenvalue weighted by Gasteiger charge is 2.30. The number of halogens is 1. The molecule has 0 aliphatic carbocycles. The van der Waals surface area contributed by atoms with Crippen LogP contribution in [0.15, 0.2) is 83.3 Å². The third kappa shape index (κ3) is 2.69. The van der Waals surface area contributed by atoms with Crippen LogP contribution in [0.25, 0.3) is 0 Å². The standard InChI is InChI=1S/C19H16BrOP/c1-15-14-16(20)12-13-19(15)22(21,17-8-4-2-5-9-17)18-10-6-3-7-11-18/h2-14H,1H3. The molecular weight excluding hydrogens is 355 g/mol. The highest BCUT2D eigenvalue weighted by atomic mass is 79.9. The van der Waals surface area contributed by atoms with Crippen molar-refractivity contribution in [2.24, 2.45) is 0 Å². The van der Waals surface area contributed by atoms with Crippen LogP contribution in [-0.4, -0.2) is 0 Å². The summed E-state index contributed by atoms with van der Waals surface area (Å²) in [6.45, 7) is 2.01. The molecule has 110 valence electrons. The van der Waals surface area contributed by atoms with Crippen LogP contribution in [0.1, 0.15) is 5.56 Å². The highest BCUT2D eigenvalue weighted by Crippen LogP contribution is 2.43. The number of rotatable bonds is 3. The van der Waals surface area contributed by atoms with Crippen LogP contribution in [0.4, 0.5) is 0 Å². The van der Waals surface area contributed by atoms with E-state index in [1.165, 1.54) is 0 Å². The van der Waals surface area contributed by atoms with Crippen LogP contribution in [-0.2, 0) is 4.57 Å². The van der Waals surface area contributed by atoms with Crippen LogP contribution in [0.2, 0.25) is 0 Å². The van der Waals surface area contributed by atoms with Gasteiger partial charge in [-0.25, -0.2) is 0 Å². The molecule has 0 radical (unpaired) electrons. The van der Waals surface area contributed by atoms with Crippen molar-refractivity contribution in [3.63, 3.8) is 0 Å². The van der Waals surface area contributed by atoms with Crippen LogP contribution in [0, 0.1) is 6.92 Å². The van der Waals surface area contributed by atoms with Gasteiger partial charge in [0.2, 0.25) is 0 Å². The Hall–Kier alpha value is -1.63. The van der Waals surface area contributed by atoms with E-state index < -0.39 is 7.14 Å². The lowest BCUT2D eigenvalue weighted by Gasteiger charge is -2.21. The predicted molar refractivity (Wildman–Crippen MR) is 98.3 cm³/mol. The van der Waals surface area contributed by atoms with E-state index >= 15 is 0 Å². The Bertz CT molecular complexity index is 785. The van der Waals surface area contributed by atoms with Gasteiger partial charge in [0.15, 0.2) is 7.14 Å². The van der Waals surface area contributed by atoms with Gasteiger partial charge in [-0.3, -0.25) is 0 Å². The SMILES string of the molecule is Cc1cc(Br)ccc1P(=O)(c1ccccc1)c1ccccc1. The zero-order valence-electron chi connectivity index (χ0n) is 12.2. The molecule has 0 bridgehead atoms. The lowest BCUT2D eigenvalue weighted by atomic mass is 10.2. The largest absolute Gasteiger partial charge is 0.309 e. The Morgan fingerprint density at radius 1 is 0.773 bits per heavy atom. The Kier molecular flexibility index (Phi) is 4.33. The Morgan fingerprint density at radius 2 is 1.27 bits per heavy atom. The summed E-state index contributed by atoms with van der Waals surface area (Å²) in [5.41, 5.74) is 1.03. The lowest BCUT2D eigenvalue weighted by molar-refractivity contribution is 0.592. The maximum absolute atomic E-state index is 14.1.